The number of aryl methyl sites for hydroxylation is 1. The van der Waals surface area contributed by atoms with Crippen LogP contribution in [-0.2, 0) is 24.4 Å². The molecule has 0 atom stereocenters. The molecule has 15 heavy (non-hydrogen) atoms. The third-order valence-electron chi connectivity index (χ3n) is 2.38. The Balaban J connectivity index is 2.26. The van der Waals surface area contributed by atoms with Crippen LogP contribution in [-0.4, -0.2) is 23.6 Å². The second-order valence-electron chi connectivity index (χ2n) is 3.46. The first-order valence-corrected chi connectivity index (χ1v) is 5.05. The third-order valence-corrected chi connectivity index (χ3v) is 2.38. The van der Waals surface area contributed by atoms with Gasteiger partial charge in [0.05, 0.1) is 31.6 Å². The average molecular weight is 209 g/mol. The molecule has 1 aliphatic heterocycles. The molecule has 0 aromatic carbocycles. The lowest BCUT2D eigenvalue weighted by atomic mass is 10.2. The predicted molar refractivity (Wildman–Crippen MR) is 54.5 cm³/mol. The van der Waals surface area contributed by atoms with Gasteiger partial charge in [-0.3, -0.25) is 0 Å². The van der Waals surface area contributed by atoms with Crippen LogP contribution in [0.4, 0.5) is 0 Å². The monoisotopic (exact) mass is 209 g/mol. The molecule has 0 aliphatic carbocycles. The summed E-state index contributed by atoms with van der Waals surface area (Å²) in [6, 6.07) is 0. The lowest BCUT2D eigenvalue weighted by molar-refractivity contribution is 0.132. The molecule has 0 fully saturated rings. The molecule has 5 heteroatoms. The van der Waals surface area contributed by atoms with E-state index in [2.05, 4.69) is 9.97 Å². The highest BCUT2D eigenvalue weighted by Crippen LogP contribution is 2.26. The van der Waals surface area contributed by atoms with Gasteiger partial charge in [0.15, 0.2) is 0 Å². The van der Waals surface area contributed by atoms with Crippen molar-refractivity contribution in [2.24, 2.45) is 5.73 Å². The van der Waals surface area contributed by atoms with Crippen molar-refractivity contribution in [2.75, 3.05) is 13.7 Å². The number of aromatic nitrogens is 2. The number of fused-ring (bicyclic) bond motifs is 1. The Morgan fingerprint density at radius 2 is 2.27 bits per heavy atom. The third kappa shape index (κ3) is 2.08. The summed E-state index contributed by atoms with van der Waals surface area (Å²) in [5.74, 6) is 1.44. The summed E-state index contributed by atoms with van der Waals surface area (Å²) >= 11 is 0. The first-order valence-electron chi connectivity index (χ1n) is 5.05. The predicted octanol–water partition coefficient (Wildman–Crippen LogP) is 0.407. The van der Waals surface area contributed by atoms with E-state index in [0.717, 1.165) is 29.9 Å². The average Bonchev–Trinajstić information content (AvgIpc) is 2.73. The fourth-order valence-corrected chi connectivity index (χ4v) is 1.61. The normalized spacial score (nSPS) is 14.0. The first-order chi connectivity index (χ1) is 7.35. The summed E-state index contributed by atoms with van der Waals surface area (Å²) in [7, 11) is 1.62. The van der Waals surface area contributed by atoms with Gasteiger partial charge in [-0.25, -0.2) is 4.98 Å². The number of ether oxygens (including phenoxy) is 2. The van der Waals surface area contributed by atoms with Crippen molar-refractivity contribution in [2.45, 2.75) is 26.1 Å². The maximum absolute atomic E-state index is 5.45. The maximum atomic E-state index is 5.45. The fourth-order valence-electron chi connectivity index (χ4n) is 1.61. The van der Waals surface area contributed by atoms with Crippen LogP contribution in [0.2, 0.25) is 0 Å². The molecular formula is C10H15N3O2. The van der Waals surface area contributed by atoms with Crippen molar-refractivity contribution in [3.63, 3.8) is 0 Å². The van der Waals surface area contributed by atoms with Crippen molar-refractivity contribution in [1.29, 1.82) is 0 Å². The van der Waals surface area contributed by atoms with Gasteiger partial charge in [-0.15, -0.1) is 0 Å². The molecule has 0 saturated heterocycles. The molecule has 0 radical (unpaired) electrons. The van der Waals surface area contributed by atoms with E-state index in [1.807, 2.05) is 0 Å². The van der Waals surface area contributed by atoms with Crippen molar-refractivity contribution in [3.8, 4) is 5.88 Å². The molecule has 1 aromatic heterocycles. The topological polar surface area (TPSA) is 70.3 Å². The molecule has 2 heterocycles. The van der Waals surface area contributed by atoms with Crippen molar-refractivity contribution < 1.29 is 9.47 Å². The van der Waals surface area contributed by atoms with Crippen LogP contribution in [0.1, 0.15) is 23.5 Å². The zero-order chi connectivity index (χ0) is 10.7. The zero-order valence-corrected chi connectivity index (χ0v) is 8.82. The molecule has 82 valence electrons. The Morgan fingerprint density at radius 1 is 1.40 bits per heavy atom. The number of rotatable bonds is 4. The Bertz CT molecular complexity index is 355. The highest BCUT2D eigenvalue weighted by molar-refractivity contribution is 5.32. The quantitative estimate of drug-likeness (QED) is 0.777. The zero-order valence-electron chi connectivity index (χ0n) is 8.82. The van der Waals surface area contributed by atoms with Crippen LogP contribution < -0.4 is 10.5 Å². The molecule has 0 unspecified atom stereocenters. The molecule has 1 aromatic rings. The summed E-state index contributed by atoms with van der Waals surface area (Å²) in [6.07, 6.45) is 1.68. The van der Waals surface area contributed by atoms with Gasteiger partial charge in [0.25, 0.3) is 0 Å². The lowest BCUT2D eigenvalue weighted by Crippen LogP contribution is -2.07. The van der Waals surface area contributed by atoms with Gasteiger partial charge in [-0.1, -0.05) is 0 Å². The Labute approximate surface area is 88.6 Å². The fraction of sp³-hybridized carbons (Fsp3) is 0.600. The molecule has 5 nitrogen and oxygen atoms in total. The van der Waals surface area contributed by atoms with Gasteiger partial charge in [-0.05, 0) is 13.0 Å². The number of nitrogens with two attached hydrogens (primary N) is 1. The summed E-state index contributed by atoms with van der Waals surface area (Å²) < 4.78 is 10.5. The molecule has 0 bridgehead atoms. The van der Waals surface area contributed by atoms with E-state index in [1.165, 1.54) is 0 Å². The van der Waals surface area contributed by atoms with Gasteiger partial charge in [0.2, 0.25) is 5.88 Å². The van der Waals surface area contributed by atoms with Gasteiger partial charge < -0.3 is 15.2 Å². The minimum Gasteiger partial charge on any atom is -0.481 e. The Kier molecular flexibility index (Phi) is 3.13. The summed E-state index contributed by atoms with van der Waals surface area (Å²) in [4.78, 5) is 8.76. The second kappa shape index (κ2) is 4.55. The first kappa shape index (κ1) is 10.3. The largest absolute Gasteiger partial charge is 0.481 e. The molecule has 0 spiro atoms. The van der Waals surface area contributed by atoms with E-state index in [0.29, 0.717) is 25.6 Å². The smallest absolute Gasteiger partial charge is 0.222 e. The van der Waals surface area contributed by atoms with Crippen LogP contribution in [0, 0.1) is 0 Å². The Morgan fingerprint density at radius 3 is 3.00 bits per heavy atom. The van der Waals surface area contributed by atoms with E-state index in [4.69, 9.17) is 15.2 Å². The molecule has 0 amide bonds. The maximum Gasteiger partial charge on any atom is 0.222 e. The van der Waals surface area contributed by atoms with Gasteiger partial charge >= 0.3 is 0 Å². The summed E-state index contributed by atoms with van der Waals surface area (Å²) in [5.41, 5.74) is 7.38. The molecular weight excluding hydrogens is 194 g/mol. The van der Waals surface area contributed by atoms with Crippen LogP contribution in [0.25, 0.3) is 0 Å². The molecule has 1 aliphatic rings. The van der Waals surface area contributed by atoms with Crippen LogP contribution in [0.15, 0.2) is 0 Å². The number of methoxy groups -OCH3 is 1. The number of hydrogen-bond donors (Lipinski definition) is 1. The van der Waals surface area contributed by atoms with E-state index in [9.17, 15) is 0 Å². The SMILES string of the molecule is COc1nc(CCCN)nc2c1COC2. The summed E-state index contributed by atoms with van der Waals surface area (Å²) in [5, 5.41) is 0. The number of hydrogen-bond acceptors (Lipinski definition) is 5. The van der Waals surface area contributed by atoms with Crippen molar-refractivity contribution >= 4 is 0 Å². The van der Waals surface area contributed by atoms with Crippen molar-refractivity contribution in [1.82, 2.24) is 9.97 Å². The van der Waals surface area contributed by atoms with E-state index in [-0.39, 0.29) is 0 Å². The molecule has 0 saturated carbocycles. The minimum absolute atomic E-state index is 0.551. The van der Waals surface area contributed by atoms with Crippen molar-refractivity contribution in [3.05, 3.63) is 17.1 Å². The van der Waals surface area contributed by atoms with Gasteiger partial charge in [0, 0.05) is 6.42 Å². The summed E-state index contributed by atoms with van der Waals surface area (Å²) in [6.45, 7) is 1.76. The van der Waals surface area contributed by atoms with Crippen LogP contribution >= 0.6 is 0 Å². The molecule has 2 rings (SSSR count). The highest BCUT2D eigenvalue weighted by Gasteiger charge is 2.20. The Hall–Kier alpha value is -1.20. The van der Waals surface area contributed by atoms with Gasteiger partial charge in [-0.2, -0.15) is 4.98 Å². The minimum atomic E-state index is 0.551. The van der Waals surface area contributed by atoms with Crippen LogP contribution in [0.5, 0.6) is 5.88 Å². The van der Waals surface area contributed by atoms with Gasteiger partial charge in [0.1, 0.15) is 5.82 Å². The highest BCUT2D eigenvalue weighted by atomic mass is 16.5. The van der Waals surface area contributed by atoms with E-state index in [1.54, 1.807) is 7.11 Å². The standard InChI is InChI=1S/C10H15N3O2/c1-14-10-7-5-15-6-8(7)12-9(13-10)3-2-4-11/h2-6,11H2,1H3. The molecule has 2 N–H and O–H groups in total. The van der Waals surface area contributed by atoms with E-state index >= 15 is 0 Å². The second-order valence-corrected chi connectivity index (χ2v) is 3.46. The van der Waals surface area contributed by atoms with E-state index < -0.39 is 0 Å². The van der Waals surface area contributed by atoms with Crippen LogP contribution in [0.3, 0.4) is 0 Å². The number of nitrogens with zero attached hydrogens (tertiary/aromatic N) is 2. The lowest BCUT2D eigenvalue weighted by Gasteiger charge is -2.06.